The van der Waals surface area contributed by atoms with E-state index in [1.165, 1.54) is 23.5 Å². The van der Waals surface area contributed by atoms with Crippen molar-refractivity contribution in [2.75, 3.05) is 17.3 Å². The van der Waals surface area contributed by atoms with Crippen molar-refractivity contribution in [3.63, 3.8) is 0 Å². The van der Waals surface area contributed by atoms with Crippen LogP contribution in [0.2, 0.25) is 0 Å². The molecule has 0 saturated heterocycles. The fourth-order valence-electron chi connectivity index (χ4n) is 2.90. The first kappa shape index (κ1) is 15.8. The van der Waals surface area contributed by atoms with E-state index < -0.39 is 0 Å². The average Bonchev–Trinajstić information content (AvgIpc) is 3.19. The maximum atomic E-state index is 12.9. The van der Waals surface area contributed by atoms with Gasteiger partial charge in [0.1, 0.15) is 5.82 Å². The van der Waals surface area contributed by atoms with Crippen molar-refractivity contribution in [3.05, 3.63) is 64.8 Å². The van der Waals surface area contributed by atoms with E-state index in [1.54, 1.807) is 24.1 Å². The number of halogens is 1. The molecular formula is C19H16FN3OS. The molecule has 0 spiro atoms. The Morgan fingerprint density at radius 3 is 2.84 bits per heavy atom. The molecule has 0 unspecified atom stereocenters. The lowest BCUT2D eigenvalue weighted by Gasteiger charge is -2.09. The Labute approximate surface area is 148 Å². The first-order valence-corrected chi connectivity index (χ1v) is 8.82. The molecule has 2 aromatic carbocycles. The Kier molecular flexibility index (Phi) is 3.97. The first-order chi connectivity index (χ1) is 12.1. The van der Waals surface area contributed by atoms with Crippen LogP contribution in [0, 0.1) is 5.82 Å². The summed E-state index contributed by atoms with van der Waals surface area (Å²) >= 11 is 1.53. The molecule has 1 aliphatic heterocycles. The molecule has 4 rings (SSSR count). The number of hydrogen-bond acceptors (Lipinski definition) is 4. The number of amides is 1. The highest BCUT2D eigenvalue weighted by Crippen LogP contribution is 2.33. The molecule has 6 heteroatoms. The van der Waals surface area contributed by atoms with Crippen molar-refractivity contribution in [1.82, 2.24) is 4.98 Å². The summed E-state index contributed by atoms with van der Waals surface area (Å²) in [5.74, 6) is -0.117. The molecule has 0 saturated carbocycles. The number of likely N-dealkylation sites (N-methyl/N-ethyl adjacent to an activating group) is 1. The van der Waals surface area contributed by atoms with Crippen LogP contribution in [-0.2, 0) is 17.8 Å². The largest absolute Gasteiger partial charge is 0.357 e. The molecule has 0 fully saturated rings. The predicted octanol–water partition coefficient (Wildman–Crippen LogP) is 4.08. The van der Waals surface area contributed by atoms with Gasteiger partial charge in [-0.3, -0.25) is 4.79 Å². The number of aromatic nitrogens is 1. The Morgan fingerprint density at radius 1 is 1.24 bits per heavy atom. The van der Waals surface area contributed by atoms with Gasteiger partial charge in [-0.2, -0.15) is 0 Å². The number of fused-ring (bicyclic) bond motifs is 1. The van der Waals surface area contributed by atoms with Crippen LogP contribution in [0.15, 0.2) is 47.8 Å². The van der Waals surface area contributed by atoms with Crippen molar-refractivity contribution in [3.8, 4) is 11.3 Å². The highest BCUT2D eigenvalue weighted by Gasteiger charge is 2.24. The van der Waals surface area contributed by atoms with Crippen LogP contribution < -0.4 is 10.2 Å². The third kappa shape index (κ3) is 3.13. The number of carbonyl (C=O) groups is 1. The smallest absolute Gasteiger partial charge is 0.231 e. The van der Waals surface area contributed by atoms with Gasteiger partial charge in [0.25, 0.3) is 0 Å². The molecule has 4 nitrogen and oxygen atoms in total. The lowest BCUT2D eigenvalue weighted by atomic mass is 10.1. The highest BCUT2D eigenvalue weighted by molar-refractivity contribution is 7.14. The van der Waals surface area contributed by atoms with Crippen LogP contribution >= 0.6 is 11.3 Å². The summed E-state index contributed by atoms with van der Waals surface area (Å²) in [4.78, 5) is 18.1. The summed E-state index contributed by atoms with van der Waals surface area (Å²) in [5, 5.41) is 6.07. The van der Waals surface area contributed by atoms with E-state index in [1.807, 2.05) is 23.6 Å². The van der Waals surface area contributed by atoms with Gasteiger partial charge in [0.05, 0.1) is 12.1 Å². The zero-order valence-electron chi connectivity index (χ0n) is 13.6. The van der Waals surface area contributed by atoms with Gasteiger partial charge in [0.2, 0.25) is 5.91 Å². The van der Waals surface area contributed by atoms with Crippen LogP contribution in [0.25, 0.3) is 11.3 Å². The van der Waals surface area contributed by atoms with E-state index in [-0.39, 0.29) is 11.7 Å². The normalized spacial score (nSPS) is 13.2. The van der Waals surface area contributed by atoms with Crippen LogP contribution in [0.3, 0.4) is 0 Å². The number of rotatable bonds is 4. The Morgan fingerprint density at radius 2 is 2.04 bits per heavy atom. The molecule has 1 aliphatic rings. The van der Waals surface area contributed by atoms with Crippen LogP contribution in [0.1, 0.15) is 11.1 Å². The summed E-state index contributed by atoms with van der Waals surface area (Å²) in [6.07, 6.45) is 0.444. The molecule has 0 atom stereocenters. The third-order valence-corrected chi connectivity index (χ3v) is 5.11. The van der Waals surface area contributed by atoms with Gasteiger partial charge in [0.15, 0.2) is 5.13 Å². The zero-order chi connectivity index (χ0) is 17.4. The molecule has 3 aromatic rings. The summed E-state index contributed by atoms with van der Waals surface area (Å²) in [6, 6.07) is 12.4. The summed E-state index contributed by atoms with van der Waals surface area (Å²) in [6.45, 7) is 0.594. The molecule has 0 bridgehead atoms. The van der Waals surface area contributed by atoms with Gasteiger partial charge in [-0.25, -0.2) is 9.37 Å². The van der Waals surface area contributed by atoms with Gasteiger partial charge in [-0.05, 0) is 35.4 Å². The fourth-order valence-corrected chi connectivity index (χ4v) is 3.62. The monoisotopic (exact) mass is 353 g/mol. The number of nitrogens with one attached hydrogen (secondary N) is 1. The summed E-state index contributed by atoms with van der Waals surface area (Å²) in [5.41, 5.74) is 4.90. The molecule has 1 N–H and O–H groups in total. The third-order valence-electron chi connectivity index (χ3n) is 4.31. The van der Waals surface area contributed by atoms with Gasteiger partial charge in [0, 0.05) is 30.2 Å². The van der Waals surface area contributed by atoms with Gasteiger partial charge in [-0.1, -0.05) is 18.2 Å². The van der Waals surface area contributed by atoms with E-state index in [4.69, 9.17) is 0 Å². The fraction of sp³-hybridized carbons (Fsp3) is 0.158. The van der Waals surface area contributed by atoms with E-state index in [0.29, 0.717) is 13.0 Å². The summed E-state index contributed by atoms with van der Waals surface area (Å²) < 4.78 is 12.9. The molecule has 25 heavy (non-hydrogen) atoms. The lowest BCUT2D eigenvalue weighted by molar-refractivity contribution is -0.117. The highest BCUT2D eigenvalue weighted by atomic mass is 32.1. The number of carbonyl (C=O) groups excluding carboxylic acids is 1. The second kappa shape index (κ2) is 6.29. The zero-order valence-corrected chi connectivity index (χ0v) is 14.4. The molecule has 2 heterocycles. The predicted molar refractivity (Wildman–Crippen MR) is 98.4 cm³/mol. The van der Waals surface area contributed by atoms with E-state index >= 15 is 0 Å². The van der Waals surface area contributed by atoms with E-state index in [2.05, 4.69) is 10.3 Å². The average molecular weight is 353 g/mol. The molecule has 1 amide bonds. The van der Waals surface area contributed by atoms with Crippen molar-refractivity contribution in [2.45, 2.75) is 13.0 Å². The Hall–Kier alpha value is -2.73. The van der Waals surface area contributed by atoms with Crippen LogP contribution in [-0.4, -0.2) is 17.9 Å². The van der Waals surface area contributed by atoms with Crippen LogP contribution in [0.4, 0.5) is 15.2 Å². The number of anilines is 2. The van der Waals surface area contributed by atoms with E-state index in [9.17, 15) is 9.18 Å². The number of thiazole rings is 1. The van der Waals surface area contributed by atoms with Crippen molar-refractivity contribution in [1.29, 1.82) is 0 Å². The SMILES string of the molecule is CN1C(=O)Cc2cc(-c3csc(NCc4ccc(F)cc4)n3)ccc21. The Balaban J connectivity index is 1.49. The van der Waals surface area contributed by atoms with Gasteiger partial charge in [-0.15, -0.1) is 11.3 Å². The Bertz CT molecular complexity index is 936. The van der Waals surface area contributed by atoms with Gasteiger partial charge < -0.3 is 10.2 Å². The molecule has 0 aliphatic carbocycles. The second-order valence-corrected chi connectivity index (χ2v) is 6.85. The van der Waals surface area contributed by atoms with Gasteiger partial charge >= 0.3 is 0 Å². The quantitative estimate of drug-likeness (QED) is 0.769. The maximum Gasteiger partial charge on any atom is 0.231 e. The molecule has 0 radical (unpaired) electrons. The van der Waals surface area contributed by atoms with Crippen LogP contribution in [0.5, 0.6) is 0 Å². The standard InChI is InChI=1S/C19H16FN3OS/c1-23-17-7-4-13(8-14(17)9-18(23)24)16-11-25-19(22-16)21-10-12-2-5-15(20)6-3-12/h2-8,11H,9-10H2,1H3,(H,21,22). The number of benzene rings is 2. The minimum atomic E-state index is -0.235. The molecule has 126 valence electrons. The molecular weight excluding hydrogens is 337 g/mol. The molecule has 1 aromatic heterocycles. The second-order valence-electron chi connectivity index (χ2n) is 5.99. The van der Waals surface area contributed by atoms with Crippen molar-refractivity contribution in [2.24, 2.45) is 0 Å². The first-order valence-electron chi connectivity index (χ1n) is 7.94. The minimum absolute atomic E-state index is 0.118. The number of hydrogen-bond donors (Lipinski definition) is 1. The lowest BCUT2D eigenvalue weighted by Crippen LogP contribution is -2.20. The van der Waals surface area contributed by atoms with Crippen molar-refractivity contribution < 1.29 is 9.18 Å². The number of nitrogens with zero attached hydrogens (tertiary/aromatic N) is 2. The summed E-state index contributed by atoms with van der Waals surface area (Å²) in [7, 11) is 1.80. The van der Waals surface area contributed by atoms with E-state index in [0.717, 1.165) is 33.2 Å². The maximum absolute atomic E-state index is 12.9. The topological polar surface area (TPSA) is 45.2 Å². The minimum Gasteiger partial charge on any atom is -0.357 e. The van der Waals surface area contributed by atoms with Crippen molar-refractivity contribution >= 4 is 28.1 Å².